The molecule has 12 heteroatoms. The first-order valence-corrected chi connectivity index (χ1v) is 30.8. The summed E-state index contributed by atoms with van der Waals surface area (Å²) in [7, 11) is 13.9. The standard InChI is InChI=1S/C77H84N4O8/c1-15-75(52(6)84-9)81(57-24-38-66(89-14)39-25-57)61-29-43-70-69-42-28-60(80(55-20-34-64(87-12)35-21-55)56-22-36-65(88-13)37-23-56)46-73(69)77(74(70)47-61)76-71-44-58(78(48(2)50(4)82-7)53-16-30-62(85-10)31-17-53)26-40-67(71)68-41-27-59(45-72(68)76)79(49(3)51(5)83-8)54-18-32-63(86-11)33-19-54/h16-52,75-77H,15H2,1-14H3/t48-,49+,50?,51?,52-,75?,76?,77?/m0/s1. The van der Waals surface area contributed by atoms with Crippen molar-refractivity contribution in [1.82, 2.24) is 0 Å². The van der Waals surface area contributed by atoms with Gasteiger partial charge >= 0.3 is 0 Å². The summed E-state index contributed by atoms with van der Waals surface area (Å²) in [5.41, 5.74) is 19.0. The summed E-state index contributed by atoms with van der Waals surface area (Å²) in [4.78, 5) is 9.64. The van der Waals surface area contributed by atoms with E-state index in [0.29, 0.717) is 0 Å². The molecule has 0 saturated heterocycles. The highest BCUT2D eigenvalue weighted by molar-refractivity contribution is 5.91. The Morgan fingerprint density at radius 3 is 0.820 bits per heavy atom. The van der Waals surface area contributed by atoms with Crippen molar-refractivity contribution in [3.63, 3.8) is 0 Å². The van der Waals surface area contributed by atoms with E-state index in [9.17, 15) is 0 Å². The number of hydrogen-bond donors (Lipinski definition) is 0. The summed E-state index contributed by atoms with van der Waals surface area (Å²) in [6.07, 6.45) is 0.495. The van der Waals surface area contributed by atoms with Crippen LogP contribution in [0.4, 0.5) is 51.2 Å². The number of benzene rings is 9. The lowest BCUT2D eigenvalue weighted by Gasteiger charge is -2.37. The third-order valence-electron chi connectivity index (χ3n) is 18.8. The molecule has 8 atom stereocenters. The molecule has 2 aliphatic carbocycles. The van der Waals surface area contributed by atoms with Crippen LogP contribution in [0, 0.1) is 0 Å². The van der Waals surface area contributed by atoms with Crippen molar-refractivity contribution in [1.29, 1.82) is 0 Å². The molecule has 0 radical (unpaired) electrons. The molecule has 0 bridgehead atoms. The molecular formula is C77H84N4O8. The molecule has 9 aromatic carbocycles. The summed E-state index contributed by atoms with van der Waals surface area (Å²) in [6.45, 7) is 13.2. The average Bonchev–Trinajstić information content (AvgIpc) is 1.58. The van der Waals surface area contributed by atoms with Crippen LogP contribution in [-0.2, 0) is 14.2 Å². The van der Waals surface area contributed by atoms with Gasteiger partial charge in [0.1, 0.15) is 28.7 Å². The van der Waals surface area contributed by atoms with E-state index in [-0.39, 0.29) is 48.3 Å². The van der Waals surface area contributed by atoms with E-state index in [1.807, 2.05) is 67.8 Å². The molecule has 0 saturated carbocycles. The van der Waals surface area contributed by atoms with Gasteiger partial charge in [-0.2, -0.15) is 0 Å². The lowest BCUT2D eigenvalue weighted by molar-refractivity contribution is 0.0943. The van der Waals surface area contributed by atoms with Crippen molar-refractivity contribution in [2.75, 3.05) is 76.5 Å². The minimum atomic E-state index is -0.217. The highest BCUT2D eigenvalue weighted by Gasteiger charge is 2.44. The molecule has 11 rings (SSSR count). The smallest absolute Gasteiger partial charge is 0.119 e. The number of ether oxygens (including phenoxy) is 8. The SMILES string of the molecule is CCC([C@H](C)OC)N(c1ccc(OC)cc1)c1ccc2c(c1)C(C1c3cc(N(c4ccc(OC)cc4)[C@H](C)C(C)OC)ccc3-c3ccc(N(c4ccc(OC)cc4)[C@@H](C)C(C)OC)cc31)c1cc(N(c3ccc(OC)cc3)c3ccc(OC)cc3)ccc1-2. The van der Waals surface area contributed by atoms with E-state index in [0.717, 1.165) is 86.4 Å². The summed E-state index contributed by atoms with van der Waals surface area (Å²) < 4.78 is 47.1. The number of fused-ring (bicyclic) bond motifs is 6. The van der Waals surface area contributed by atoms with Gasteiger partial charge in [-0.05, 0) is 255 Å². The van der Waals surface area contributed by atoms with Crippen molar-refractivity contribution < 1.29 is 37.9 Å². The fraction of sp³-hybridized carbons (Fsp3) is 0.299. The van der Waals surface area contributed by atoms with Gasteiger partial charge < -0.3 is 57.5 Å². The maximum atomic E-state index is 6.23. The van der Waals surface area contributed by atoms with Gasteiger partial charge in [-0.3, -0.25) is 0 Å². The Kier molecular flexibility index (Phi) is 18.6. The van der Waals surface area contributed by atoms with Crippen LogP contribution in [0.25, 0.3) is 22.3 Å². The molecule has 89 heavy (non-hydrogen) atoms. The predicted molar refractivity (Wildman–Crippen MR) is 363 cm³/mol. The quantitative estimate of drug-likeness (QED) is 0.0546. The summed E-state index contributed by atoms with van der Waals surface area (Å²) in [5.74, 6) is 3.52. The lowest BCUT2D eigenvalue weighted by Crippen LogP contribution is -2.40. The maximum absolute atomic E-state index is 6.23. The number of anilines is 9. The topological polar surface area (TPSA) is 86.8 Å². The Hall–Kier alpha value is -8.94. The van der Waals surface area contributed by atoms with Crippen LogP contribution in [0.5, 0.6) is 28.7 Å². The molecule has 0 N–H and O–H groups in total. The molecule has 460 valence electrons. The van der Waals surface area contributed by atoms with E-state index in [1.165, 1.54) is 44.5 Å². The second-order valence-corrected chi connectivity index (χ2v) is 23.3. The molecule has 0 amide bonds. The van der Waals surface area contributed by atoms with E-state index in [4.69, 9.17) is 37.9 Å². The zero-order valence-corrected chi connectivity index (χ0v) is 53.9. The molecule has 2 aliphatic rings. The Bertz CT molecular complexity index is 3690. The summed E-state index contributed by atoms with van der Waals surface area (Å²) in [6, 6.07) is 70.0. The highest BCUT2D eigenvalue weighted by Crippen LogP contribution is 2.61. The molecule has 0 fully saturated rings. The maximum Gasteiger partial charge on any atom is 0.119 e. The number of rotatable bonds is 25. The van der Waals surface area contributed by atoms with Gasteiger partial charge in [0.2, 0.25) is 0 Å². The van der Waals surface area contributed by atoms with E-state index in [1.54, 1.807) is 49.8 Å². The zero-order chi connectivity index (χ0) is 62.6. The van der Waals surface area contributed by atoms with Crippen LogP contribution >= 0.6 is 0 Å². The number of hydrogen-bond acceptors (Lipinski definition) is 12. The second kappa shape index (κ2) is 26.8. The molecule has 0 heterocycles. The van der Waals surface area contributed by atoms with Crippen LogP contribution in [-0.4, -0.2) is 93.3 Å². The van der Waals surface area contributed by atoms with Crippen LogP contribution < -0.4 is 43.3 Å². The van der Waals surface area contributed by atoms with Gasteiger partial charge in [0, 0.05) is 84.4 Å². The van der Waals surface area contributed by atoms with Gasteiger partial charge in [-0.1, -0.05) is 31.2 Å². The first-order chi connectivity index (χ1) is 43.3. The summed E-state index contributed by atoms with van der Waals surface area (Å²) in [5, 5.41) is 0. The van der Waals surface area contributed by atoms with E-state index >= 15 is 0 Å². The van der Waals surface area contributed by atoms with Gasteiger partial charge in [0.15, 0.2) is 0 Å². The van der Waals surface area contributed by atoms with E-state index < -0.39 is 0 Å². The van der Waals surface area contributed by atoms with Crippen molar-refractivity contribution in [3.05, 3.63) is 216 Å². The van der Waals surface area contributed by atoms with Crippen molar-refractivity contribution in [2.45, 2.75) is 96.2 Å². The van der Waals surface area contributed by atoms with Gasteiger partial charge in [-0.15, -0.1) is 0 Å². The van der Waals surface area contributed by atoms with Crippen molar-refractivity contribution in [2.24, 2.45) is 0 Å². The Balaban J connectivity index is 1.21. The normalized spacial score (nSPS) is 15.7. The molecule has 12 nitrogen and oxygen atoms in total. The number of methoxy groups -OCH3 is 8. The lowest BCUT2D eigenvalue weighted by atomic mass is 9.78. The second-order valence-electron chi connectivity index (χ2n) is 23.3. The largest absolute Gasteiger partial charge is 0.497 e. The van der Waals surface area contributed by atoms with Crippen LogP contribution in [0.15, 0.2) is 194 Å². The highest BCUT2D eigenvalue weighted by atomic mass is 16.5. The average molecular weight is 1190 g/mol. The molecule has 0 spiro atoms. The van der Waals surface area contributed by atoms with Crippen molar-refractivity contribution >= 4 is 51.2 Å². The number of nitrogens with zero attached hydrogens (tertiary/aromatic N) is 4. The predicted octanol–water partition coefficient (Wildman–Crippen LogP) is 18.2. The Morgan fingerprint density at radius 2 is 0.539 bits per heavy atom. The van der Waals surface area contributed by atoms with Gasteiger partial charge in [-0.25, -0.2) is 0 Å². The minimum Gasteiger partial charge on any atom is -0.497 e. The molecule has 5 unspecified atom stereocenters. The zero-order valence-electron chi connectivity index (χ0n) is 53.9. The molecule has 0 aliphatic heterocycles. The first-order valence-electron chi connectivity index (χ1n) is 30.8. The van der Waals surface area contributed by atoms with Crippen LogP contribution in [0.1, 0.15) is 82.1 Å². The Morgan fingerprint density at radius 1 is 0.292 bits per heavy atom. The minimum absolute atomic E-state index is 0.0123. The third kappa shape index (κ3) is 11.8. The fourth-order valence-corrected chi connectivity index (χ4v) is 13.5. The molecular weight excluding hydrogens is 1110 g/mol. The Labute approximate surface area is 526 Å². The van der Waals surface area contributed by atoms with Crippen molar-refractivity contribution in [3.8, 4) is 51.0 Å². The first kappa shape index (κ1) is 61.7. The third-order valence-corrected chi connectivity index (χ3v) is 18.8. The summed E-state index contributed by atoms with van der Waals surface area (Å²) >= 11 is 0. The fourth-order valence-electron chi connectivity index (χ4n) is 13.5. The van der Waals surface area contributed by atoms with Crippen LogP contribution in [0.2, 0.25) is 0 Å². The van der Waals surface area contributed by atoms with Gasteiger partial charge in [0.05, 0.1) is 72.0 Å². The molecule has 0 aromatic heterocycles. The monoisotopic (exact) mass is 1190 g/mol. The van der Waals surface area contributed by atoms with Gasteiger partial charge in [0.25, 0.3) is 0 Å². The van der Waals surface area contributed by atoms with E-state index in [2.05, 4.69) is 195 Å². The van der Waals surface area contributed by atoms with Crippen LogP contribution in [0.3, 0.4) is 0 Å². The molecule has 9 aromatic rings.